The molecule has 1 aliphatic carbocycles. The molecule has 4 nitrogen and oxygen atoms in total. The zero-order valence-corrected chi connectivity index (χ0v) is 17.4. The molecule has 2 aromatic heterocycles. The van der Waals surface area contributed by atoms with E-state index in [1.54, 1.807) is 17.0 Å². The van der Waals surface area contributed by atoms with E-state index in [-0.39, 0.29) is 11.3 Å². The van der Waals surface area contributed by atoms with Crippen LogP contribution in [0.5, 0.6) is 0 Å². The number of nitrogens with zero attached hydrogens (tertiary/aromatic N) is 3. The monoisotopic (exact) mass is 427 g/mol. The Morgan fingerprint density at radius 2 is 1.81 bits per heavy atom. The Hall–Kier alpha value is -3.38. The van der Waals surface area contributed by atoms with E-state index in [4.69, 9.17) is 4.98 Å². The van der Waals surface area contributed by atoms with Gasteiger partial charge in [-0.3, -0.25) is 4.79 Å². The van der Waals surface area contributed by atoms with Gasteiger partial charge in [-0.1, -0.05) is 53.8 Å². The van der Waals surface area contributed by atoms with Crippen molar-refractivity contribution in [2.24, 2.45) is 0 Å². The third kappa shape index (κ3) is 2.98. The van der Waals surface area contributed by atoms with E-state index in [1.165, 1.54) is 23.0 Å². The Balaban J connectivity index is 1.34. The van der Waals surface area contributed by atoms with Gasteiger partial charge in [-0.2, -0.15) is 0 Å². The molecule has 0 N–H and O–H groups in total. The molecule has 6 heteroatoms. The summed E-state index contributed by atoms with van der Waals surface area (Å²) < 4.78 is 14.9. The molecule has 1 amide bonds. The summed E-state index contributed by atoms with van der Waals surface area (Å²) >= 11 is 1.37. The molecule has 0 unspecified atom stereocenters. The van der Waals surface area contributed by atoms with Gasteiger partial charge in [-0.15, -0.1) is 0 Å². The molecule has 152 valence electrons. The molecule has 1 fully saturated rings. The number of aromatic nitrogens is 2. The quantitative estimate of drug-likeness (QED) is 0.421. The first-order chi connectivity index (χ1) is 15.1. The standard InChI is InChI=1S/C25H18FN3OS/c26-19-15-16(24(30)29-13-4-14-29)7-8-18(19)22-27-20-9-10-21(28-23(20)31-22)25(11-12-25)17-5-2-1-3-6-17/h1-3,5-12,15H,4,13-14H2. The van der Waals surface area contributed by atoms with E-state index in [1.807, 2.05) is 30.3 Å². The van der Waals surface area contributed by atoms with Gasteiger partial charge in [0.1, 0.15) is 21.2 Å². The summed E-state index contributed by atoms with van der Waals surface area (Å²) in [5.41, 5.74) is 3.38. The lowest BCUT2D eigenvalue weighted by atomic mass is 9.89. The van der Waals surface area contributed by atoms with Crippen molar-refractivity contribution in [3.8, 4) is 10.6 Å². The second kappa shape index (κ2) is 6.82. The third-order valence-corrected chi connectivity index (χ3v) is 7.02. The minimum Gasteiger partial charge on any atom is -0.339 e. The van der Waals surface area contributed by atoms with Gasteiger partial charge in [0.2, 0.25) is 0 Å². The fourth-order valence-corrected chi connectivity index (χ4v) is 4.96. The number of hydrogen-bond acceptors (Lipinski definition) is 4. The zero-order valence-electron chi connectivity index (χ0n) is 16.6. The van der Waals surface area contributed by atoms with Gasteiger partial charge in [0, 0.05) is 24.2 Å². The predicted octanol–water partition coefficient (Wildman–Crippen LogP) is 5.20. The minimum atomic E-state index is -0.435. The summed E-state index contributed by atoms with van der Waals surface area (Å²) in [7, 11) is 0. The minimum absolute atomic E-state index is 0.115. The van der Waals surface area contributed by atoms with Crippen LogP contribution >= 0.6 is 11.3 Å². The van der Waals surface area contributed by atoms with Gasteiger partial charge >= 0.3 is 0 Å². The summed E-state index contributed by atoms with van der Waals surface area (Å²) in [6, 6.07) is 18.8. The average Bonchev–Trinajstić information content (AvgIpc) is 3.46. The highest BCUT2D eigenvalue weighted by Crippen LogP contribution is 2.45. The number of amides is 1. The molecule has 4 aromatic rings. The summed E-state index contributed by atoms with van der Waals surface area (Å²) in [6.07, 6.45) is 5.30. The van der Waals surface area contributed by atoms with Gasteiger partial charge in [0.25, 0.3) is 5.91 Å². The number of benzene rings is 2. The topological polar surface area (TPSA) is 46.1 Å². The van der Waals surface area contributed by atoms with E-state index in [9.17, 15) is 9.18 Å². The van der Waals surface area contributed by atoms with E-state index < -0.39 is 5.82 Å². The van der Waals surface area contributed by atoms with Crippen molar-refractivity contribution in [2.75, 3.05) is 13.1 Å². The van der Waals surface area contributed by atoms with Crippen molar-refractivity contribution >= 4 is 27.6 Å². The molecular formula is C25H18FN3OS. The number of thiazole rings is 1. The van der Waals surface area contributed by atoms with Crippen LogP contribution in [-0.4, -0.2) is 33.9 Å². The molecule has 2 aromatic carbocycles. The largest absolute Gasteiger partial charge is 0.339 e. The highest BCUT2D eigenvalue weighted by Gasteiger charge is 2.39. The Morgan fingerprint density at radius 1 is 1.00 bits per heavy atom. The van der Waals surface area contributed by atoms with Gasteiger partial charge < -0.3 is 4.90 Å². The number of carbonyl (C=O) groups excluding carboxylic acids is 1. The SMILES string of the molecule is O=C(c1ccc(-c2nc3ccc(C4(c5ccccc5)C=C4)nc3s2)c(F)c1)N1CCC1. The Labute approximate surface area is 182 Å². The lowest BCUT2D eigenvalue weighted by molar-refractivity contribution is 0.0651. The number of fused-ring (bicyclic) bond motifs is 1. The Kier molecular flexibility index (Phi) is 4.05. The Bertz CT molecular complexity index is 1350. The second-order valence-electron chi connectivity index (χ2n) is 7.95. The molecule has 6 rings (SSSR count). The van der Waals surface area contributed by atoms with E-state index >= 15 is 0 Å². The molecule has 31 heavy (non-hydrogen) atoms. The van der Waals surface area contributed by atoms with Crippen molar-refractivity contribution in [1.29, 1.82) is 0 Å². The van der Waals surface area contributed by atoms with Crippen LogP contribution in [0.2, 0.25) is 0 Å². The predicted molar refractivity (Wildman–Crippen MR) is 120 cm³/mol. The van der Waals surface area contributed by atoms with E-state index in [2.05, 4.69) is 29.3 Å². The summed E-state index contributed by atoms with van der Waals surface area (Å²) in [4.78, 5) is 24.3. The smallest absolute Gasteiger partial charge is 0.253 e. The molecule has 0 atom stereocenters. The van der Waals surface area contributed by atoms with Gasteiger partial charge in [0.15, 0.2) is 0 Å². The van der Waals surface area contributed by atoms with Crippen molar-refractivity contribution in [3.63, 3.8) is 0 Å². The molecule has 2 aliphatic rings. The van der Waals surface area contributed by atoms with Crippen LogP contribution in [0.15, 0.2) is 72.8 Å². The summed E-state index contributed by atoms with van der Waals surface area (Å²) in [5.74, 6) is -0.550. The first-order valence-corrected chi connectivity index (χ1v) is 11.1. The average molecular weight is 428 g/mol. The van der Waals surface area contributed by atoms with E-state index in [0.717, 1.165) is 35.6 Å². The number of allylic oxidation sites excluding steroid dienone is 2. The fourth-order valence-electron chi connectivity index (χ4n) is 3.99. The van der Waals surface area contributed by atoms with E-state index in [0.29, 0.717) is 16.1 Å². The molecule has 1 aliphatic heterocycles. The van der Waals surface area contributed by atoms with Crippen molar-refractivity contribution in [3.05, 3.63) is 95.5 Å². The number of likely N-dealkylation sites (tertiary alicyclic amines) is 1. The summed E-state index contributed by atoms with van der Waals surface area (Å²) in [5, 5.41) is 0.567. The zero-order chi connectivity index (χ0) is 21.0. The molecule has 0 saturated carbocycles. The van der Waals surface area contributed by atoms with Crippen molar-refractivity contribution in [2.45, 2.75) is 11.8 Å². The van der Waals surface area contributed by atoms with Crippen LogP contribution < -0.4 is 0 Å². The maximum Gasteiger partial charge on any atom is 0.253 e. The lowest BCUT2D eigenvalue weighted by Gasteiger charge is -2.30. The highest BCUT2D eigenvalue weighted by atomic mass is 32.1. The molecule has 0 spiro atoms. The maximum atomic E-state index is 14.9. The van der Waals surface area contributed by atoms with Crippen LogP contribution in [-0.2, 0) is 5.41 Å². The molecule has 0 bridgehead atoms. The van der Waals surface area contributed by atoms with Crippen LogP contribution in [0.1, 0.15) is 28.0 Å². The number of carbonyl (C=O) groups is 1. The molecule has 3 heterocycles. The van der Waals surface area contributed by atoms with Crippen LogP contribution in [0.3, 0.4) is 0 Å². The van der Waals surface area contributed by atoms with Crippen molar-refractivity contribution < 1.29 is 9.18 Å². The number of pyridine rings is 1. The van der Waals surface area contributed by atoms with Gasteiger partial charge in [-0.05, 0) is 42.3 Å². The third-order valence-electron chi connectivity index (χ3n) is 6.02. The molecule has 1 saturated heterocycles. The first-order valence-electron chi connectivity index (χ1n) is 10.3. The highest BCUT2D eigenvalue weighted by molar-refractivity contribution is 7.21. The number of rotatable bonds is 4. The van der Waals surface area contributed by atoms with Gasteiger partial charge in [-0.25, -0.2) is 14.4 Å². The fraction of sp³-hybridized carbons (Fsp3) is 0.160. The number of hydrogen-bond donors (Lipinski definition) is 0. The maximum absolute atomic E-state index is 14.9. The Morgan fingerprint density at radius 3 is 2.48 bits per heavy atom. The normalized spacial score (nSPS) is 16.4. The first kappa shape index (κ1) is 18.4. The lowest BCUT2D eigenvalue weighted by Crippen LogP contribution is -2.42. The second-order valence-corrected chi connectivity index (χ2v) is 8.93. The summed E-state index contributed by atoms with van der Waals surface area (Å²) in [6.45, 7) is 1.49. The molecular weight excluding hydrogens is 409 g/mol. The van der Waals surface area contributed by atoms with Crippen LogP contribution in [0.25, 0.3) is 20.9 Å². The van der Waals surface area contributed by atoms with Crippen molar-refractivity contribution in [1.82, 2.24) is 14.9 Å². The van der Waals surface area contributed by atoms with Gasteiger partial charge in [0.05, 0.1) is 11.1 Å². The molecule has 0 radical (unpaired) electrons. The number of halogens is 1. The van der Waals surface area contributed by atoms with Crippen LogP contribution in [0.4, 0.5) is 4.39 Å². The van der Waals surface area contributed by atoms with Crippen LogP contribution in [0, 0.1) is 5.82 Å².